The first-order chi connectivity index (χ1) is 12.4. The molecule has 2 heterocycles. The number of rotatable bonds is 6. The summed E-state index contributed by atoms with van der Waals surface area (Å²) in [6.07, 6.45) is 3.36. The van der Waals surface area contributed by atoms with Crippen molar-refractivity contribution in [3.05, 3.63) is 52.7 Å². The van der Waals surface area contributed by atoms with E-state index in [0.717, 1.165) is 18.5 Å². The summed E-state index contributed by atoms with van der Waals surface area (Å²) >= 11 is 0. The topological polar surface area (TPSA) is 85.1 Å². The van der Waals surface area contributed by atoms with E-state index in [-0.39, 0.29) is 18.0 Å². The van der Waals surface area contributed by atoms with Gasteiger partial charge in [0.2, 0.25) is 5.91 Å². The smallest absolute Gasteiger partial charge is 0.275 e. The van der Waals surface area contributed by atoms with E-state index in [1.807, 2.05) is 33.2 Å². The van der Waals surface area contributed by atoms with Gasteiger partial charge >= 0.3 is 0 Å². The summed E-state index contributed by atoms with van der Waals surface area (Å²) in [6, 6.07) is 7.26. The number of nitrogens with one attached hydrogen (secondary N) is 1. The molecule has 0 aliphatic carbocycles. The normalized spacial score (nSPS) is 11.2. The van der Waals surface area contributed by atoms with Crippen LogP contribution in [0, 0.1) is 6.92 Å². The first kappa shape index (κ1) is 17.8. The Balaban J connectivity index is 1.72. The number of hydrogen-bond acceptors (Lipinski definition) is 5. The van der Waals surface area contributed by atoms with Crippen LogP contribution in [0.4, 0.5) is 5.69 Å². The fourth-order valence-electron chi connectivity index (χ4n) is 2.70. The van der Waals surface area contributed by atoms with E-state index < -0.39 is 0 Å². The standard InChI is InChI=1S/C18H22N6O2/c1-13-15-6-4-5-7-16(15)18(26)24(21-13)12-17(25)20-14-10-19-23(11-14)9-8-22(2)3/h4-7,10-11H,8-9,12H2,1-3H3,(H,20,25). The van der Waals surface area contributed by atoms with Gasteiger partial charge in [0.15, 0.2) is 0 Å². The van der Waals surface area contributed by atoms with Crippen LogP contribution >= 0.6 is 0 Å². The van der Waals surface area contributed by atoms with Gasteiger partial charge in [0.1, 0.15) is 6.54 Å². The van der Waals surface area contributed by atoms with Gasteiger partial charge in [-0.1, -0.05) is 18.2 Å². The average molecular weight is 354 g/mol. The molecule has 0 aliphatic heterocycles. The van der Waals surface area contributed by atoms with Crippen LogP contribution in [0.15, 0.2) is 41.5 Å². The molecular weight excluding hydrogens is 332 g/mol. The Morgan fingerprint density at radius 1 is 1.23 bits per heavy atom. The molecule has 0 radical (unpaired) electrons. The van der Waals surface area contributed by atoms with Crippen LogP contribution in [0.25, 0.3) is 10.8 Å². The van der Waals surface area contributed by atoms with Crippen LogP contribution in [0.3, 0.4) is 0 Å². The Bertz CT molecular complexity index is 989. The number of aromatic nitrogens is 4. The van der Waals surface area contributed by atoms with E-state index in [0.29, 0.717) is 16.8 Å². The molecule has 3 aromatic rings. The van der Waals surface area contributed by atoms with Crippen molar-refractivity contribution in [3.8, 4) is 0 Å². The minimum absolute atomic E-state index is 0.145. The van der Waals surface area contributed by atoms with Gasteiger partial charge in [0.25, 0.3) is 5.56 Å². The zero-order valence-electron chi connectivity index (χ0n) is 15.1. The molecule has 2 aromatic heterocycles. The van der Waals surface area contributed by atoms with Crippen molar-refractivity contribution in [3.63, 3.8) is 0 Å². The van der Waals surface area contributed by atoms with Gasteiger partial charge in [-0.15, -0.1) is 0 Å². The van der Waals surface area contributed by atoms with Crippen molar-refractivity contribution in [1.82, 2.24) is 24.5 Å². The molecule has 8 nitrogen and oxygen atoms in total. The highest BCUT2D eigenvalue weighted by Crippen LogP contribution is 2.12. The number of benzene rings is 1. The van der Waals surface area contributed by atoms with Gasteiger partial charge in [-0.3, -0.25) is 14.3 Å². The van der Waals surface area contributed by atoms with Gasteiger partial charge < -0.3 is 10.2 Å². The molecule has 0 atom stereocenters. The van der Waals surface area contributed by atoms with E-state index >= 15 is 0 Å². The number of hydrogen-bond donors (Lipinski definition) is 1. The highest BCUT2D eigenvalue weighted by atomic mass is 16.2. The van der Waals surface area contributed by atoms with Gasteiger partial charge in [0.05, 0.1) is 29.5 Å². The lowest BCUT2D eigenvalue weighted by atomic mass is 10.1. The SMILES string of the molecule is Cc1nn(CC(=O)Nc2cnn(CCN(C)C)c2)c(=O)c2ccccc12. The summed E-state index contributed by atoms with van der Waals surface area (Å²) in [7, 11) is 3.98. The second-order valence-corrected chi connectivity index (χ2v) is 6.44. The molecule has 26 heavy (non-hydrogen) atoms. The number of carbonyl (C=O) groups is 1. The van der Waals surface area contributed by atoms with Crippen molar-refractivity contribution >= 4 is 22.4 Å². The average Bonchev–Trinajstić information content (AvgIpc) is 3.05. The van der Waals surface area contributed by atoms with E-state index in [2.05, 4.69) is 20.4 Å². The molecular formula is C18H22N6O2. The predicted octanol–water partition coefficient (Wildman–Crippen LogP) is 1.10. The Labute approximate surface area is 151 Å². The van der Waals surface area contributed by atoms with E-state index in [9.17, 15) is 9.59 Å². The first-order valence-corrected chi connectivity index (χ1v) is 8.37. The summed E-state index contributed by atoms with van der Waals surface area (Å²) in [5.74, 6) is -0.318. The maximum Gasteiger partial charge on any atom is 0.275 e. The Morgan fingerprint density at radius 3 is 2.69 bits per heavy atom. The third-order valence-corrected chi connectivity index (χ3v) is 4.04. The summed E-state index contributed by atoms with van der Waals surface area (Å²) in [5.41, 5.74) is 1.03. The summed E-state index contributed by atoms with van der Waals surface area (Å²) in [6.45, 7) is 3.26. The molecule has 0 aliphatic rings. The minimum Gasteiger partial charge on any atom is -0.322 e. The largest absolute Gasteiger partial charge is 0.322 e. The predicted molar refractivity (Wildman–Crippen MR) is 100 cm³/mol. The second-order valence-electron chi connectivity index (χ2n) is 6.44. The molecule has 0 unspecified atom stereocenters. The van der Waals surface area contributed by atoms with Crippen LogP contribution in [0.5, 0.6) is 0 Å². The summed E-state index contributed by atoms with van der Waals surface area (Å²) in [5, 5.41) is 12.6. The number of likely N-dealkylation sites (N-methyl/N-ethyl adjacent to an activating group) is 1. The molecule has 1 N–H and O–H groups in total. The molecule has 8 heteroatoms. The lowest BCUT2D eigenvalue weighted by Gasteiger charge is -2.09. The molecule has 136 valence electrons. The van der Waals surface area contributed by atoms with Gasteiger partial charge in [-0.05, 0) is 27.1 Å². The number of nitrogens with zero attached hydrogens (tertiary/aromatic N) is 5. The zero-order valence-corrected chi connectivity index (χ0v) is 15.1. The molecule has 0 bridgehead atoms. The highest BCUT2D eigenvalue weighted by molar-refractivity contribution is 5.90. The molecule has 1 aromatic carbocycles. The monoisotopic (exact) mass is 354 g/mol. The van der Waals surface area contributed by atoms with Gasteiger partial charge in [-0.2, -0.15) is 10.2 Å². The van der Waals surface area contributed by atoms with Crippen molar-refractivity contribution in [2.24, 2.45) is 0 Å². The molecule has 0 saturated carbocycles. The molecule has 1 amide bonds. The number of carbonyl (C=O) groups excluding carboxylic acids is 1. The van der Waals surface area contributed by atoms with Crippen LogP contribution in [0.2, 0.25) is 0 Å². The second kappa shape index (κ2) is 7.49. The van der Waals surface area contributed by atoms with E-state index in [1.54, 1.807) is 29.2 Å². The van der Waals surface area contributed by atoms with Crippen LogP contribution in [-0.4, -0.2) is 51.0 Å². The molecule has 0 spiro atoms. The number of fused-ring (bicyclic) bond motifs is 1. The quantitative estimate of drug-likeness (QED) is 0.717. The number of anilines is 1. The third kappa shape index (κ3) is 3.97. The summed E-state index contributed by atoms with van der Waals surface area (Å²) in [4.78, 5) is 26.9. The molecule has 0 saturated heterocycles. The number of aryl methyl sites for hydroxylation is 1. The lowest BCUT2D eigenvalue weighted by Crippen LogP contribution is -2.30. The highest BCUT2D eigenvalue weighted by Gasteiger charge is 2.11. The van der Waals surface area contributed by atoms with Crippen molar-refractivity contribution < 1.29 is 4.79 Å². The minimum atomic E-state index is -0.318. The van der Waals surface area contributed by atoms with E-state index in [1.165, 1.54) is 4.68 Å². The maximum atomic E-state index is 12.5. The van der Waals surface area contributed by atoms with E-state index in [4.69, 9.17) is 0 Å². The Kier molecular flexibility index (Phi) is 5.13. The lowest BCUT2D eigenvalue weighted by molar-refractivity contribution is -0.117. The number of amides is 1. The van der Waals surface area contributed by atoms with Crippen molar-refractivity contribution in [1.29, 1.82) is 0 Å². The van der Waals surface area contributed by atoms with Crippen LogP contribution < -0.4 is 10.9 Å². The van der Waals surface area contributed by atoms with Crippen molar-refractivity contribution in [2.75, 3.05) is 26.0 Å². The molecule has 0 fully saturated rings. The molecule has 3 rings (SSSR count). The maximum absolute atomic E-state index is 12.5. The first-order valence-electron chi connectivity index (χ1n) is 8.37. The fraction of sp³-hybridized carbons (Fsp3) is 0.333. The Hall–Kier alpha value is -3.00. The summed E-state index contributed by atoms with van der Waals surface area (Å²) < 4.78 is 2.96. The van der Waals surface area contributed by atoms with Gasteiger partial charge in [0, 0.05) is 18.1 Å². The van der Waals surface area contributed by atoms with Crippen molar-refractivity contribution in [2.45, 2.75) is 20.0 Å². The van der Waals surface area contributed by atoms with Crippen LogP contribution in [0.1, 0.15) is 5.69 Å². The van der Waals surface area contributed by atoms with Gasteiger partial charge in [-0.25, -0.2) is 4.68 Å². The Morgan fingerprint density at radius 2 is 1.96 bits per heavy atom. The fourth-order valence-corrected chi connectivity index (χ4v) is 2.70. The van der Waals surface area contributed by atoms with Crippen LogP contribution in [-0.2, 0) is 17.9 Å². The zero-order chi connectivity index (χ0) is 18.7. The third-order valence-electron chi connectivity index (χ3n) is 4.04.